The predicted octanol–water partition coefficient (Wildman–Crippen LogP) is 3.31. The van der Waals surface area contributed by atoms with Crippen molar-refractivity contribution in [3.05, 3.63) is 62.2 Å². The molecule has 0 spiro atoms. The molecule has 0 unspecified atom stereocenters. The van der Waals surface area contributed by atoms with Gasteiger partial charge in [-0.3, -0.25) is 14.3 Å². The number of fused-ring (bicyclic) bond motifs is 2. The van der Waals surface area contributed by atoms with Crippen LogP contribution in [-0.4, -0.2) is 27.5 Å². The first-order valence-corrected chi connectivity index (χ1v) is 9.01. The van der Waals surface area contributed by atoms with Gasteiger partial charge >= 0.3 is 0 Å². The highest BCUT2D eigenvalue weighted by Crippen LogP contribution is 2.22. The minimum atomic E-state index is -0.292. The second-order valence-corrected chi connectivity index (χ2v) is 7.17. The number of hydrogen-bond acceptors (Lipinski definition) is 4. The Morgan fingerprint density at radius 2 is 2.12 bits per heavy atom. The maximum Gasteiger partial charge on any atom is 0.271 e. The molecule has 4 nitrogen and oxygen atoms in total. The highest BCUT2D eigenvalue weighted by molar-refractivity contribution is 7.17. The molecule has 0 fully saturated rings. The largest absolute Gasteiger partial charge is 0.297 e. The van der Waals surface area contributed by atoms with Crippen LogP contribution in [-0.2, 0) is 19.5 Å². The number of halogens is 2. The van der Waals surface area contributed by atoms with Gasteiger partial charge in [-0.2, -0.15) is 0 Å². The van der Waals surface area contributed by atoms with Crippen molar-refractivity contribution < 1.29 is 4.39 Å². The van der Waals surface area contributed by atoms with Gasteiger partial charge in [0.15, 0.2) is 0 Å². The van der Waals surface area contributed by atoms with Crippen molar-refractivity contribution >= 4 is 33.2 Å². The molecule has 7 heteroatoms. The molecule has 24 heavy (non-hydrogen) atoms. The minimum absolute atomic E-state index is 0.0239. The Kier molecular flexibility index (Phi) is 4.12. The average molecular weight is 364 g/mol. The summed E-state index contributed by atoms with van der Waals surface area (Å²) in [4.78, 5) is 19.3. The van der Waals surface area contributed by atoms with Gasteiger partial charge in [0.2, 0.25) is 0 Å². The fraction of sp³-hybridized carbons (Fsp3) is 0.294. The Bertz CT molecular complexity index is 948. The monoisotopic (exact) mass is 363 g/mol. The van der Waals surface area contributed by atoms with Crippen LogP contribution in [0.2, 0.25) is 5.02 Å². The Morgan fingerprint density at radius 1 is 1.25 bits per heavy atom. The van der Waals surface area contributed by atoms with E-state index in [0.717, 1.165) is 11.3 Å². The normalized spacial score (nSPS) is 15.4. The van der Waals surface area contributed by atoms with E-state index in [9.17, 15) is 9.18 Å². The first-order chi connectivity index (χ1) is 11.6. The van der Waals surface area contributed by atoms with E-state index in [-0.39, 0.29) is 11.4 Å². The molecule has 2 aromatic heterocycles. The highest BCUT2D eigenvalue weighted by atomic mass is 35.5. The van der Waals surface area contributed by atoms with Crippen LogP contribution in [0.25, 0.3) is 10.2 Å². The van der Waals surface area contributed by atoms with Gasteiger partial charge in [-0.1, -0.05) is 17.7 Å². The van der Waals surface area contributed by atoms with E-state index < -0.39 is 0 Å². The first kappa shape index (κ1) is 15.7. The van der Waals surface area contributed by atoms with Crippen molar-refractivity contribution in [2.45, 2.75) is 19.5 Å². The summed E-state index contributed by atoms with van der Waals surface area (Å²) in [6.07, 6.45) is 0.660. The fourth-order valence-electron chi connectivity index (χ4n) is 3.09. The van der Waals surface area contributed by atoms with E-state index in [1.165, 1.54) is 17.4 Å². The van der Waals surface area contributed by atoms with E-state index in [0.29, 0.717) is 47.9 Å². The Hall–Kier alpha value is -1.76. The lowest BCUT2D eigenvalue weighted by Crippen LogP contribution is -2.28. The van der Waals surface area contributed by atoms with Gasteiger partial charge in [-0.25, -0.2) is 9.37 Å². The molecule has 3 heterocycles. The Morgan fingerprint density at radius 3 is 2.96 bits per heavy atom. The van der Waals surface area contributed by atoms with Gasteiger partial charge in [0, 0.05) is 43.2 Å². The molecule has 0 saturated heterocycles. The summed E-state index contributed by atoms with van der Waals surface area (Å²) in [7, 11) is 0. The number of nitrogens with zero attached hydrogens (tertiary/aromatic N) is 3. The molecule has 0 bridgehead atoms. The molecule has 1 aliphatic rings. The van der Waals surface area contributed by atoms with Gasteiger partial charge < -0.3 is 0 Å². The van der Waals surface area contributed by atoms with Crippen LogP contribution in [0.15, 0.2) is 34.4 Å². The molecular formula is C17H15ClFN3OS. The number of aromatic nitrogens is 2. The number of benzene rings is 1. The molecule has 0 amide bonds. The molecule has 0 saturated carbocycles. The smallest absolute Gasteiger partial charge is 0.271 e. The summed E-state index contributed by atoms with van der Waals surface area (Å²) in [5.74, 6) is 0.507. The standard InChI is InChI=1S/C17H15ClFN3OS/c18-12-2-1-3-13(19)11(12)10-21-6-4-15-20-14-5-9-24-16(14)17(23)22(15)8-7-21/h1-3,5,9H,4,6-8,10H2. The van der Waals surface area contributed by atoms with E-state index in [1.807, 2.05) is 11.4 Å². The molecular weight excluding hydrogens is 349 g/mol. The van der Waals surface area contributed by atoms with Crippen molar-refractivity contribution in [2.24, 2.45) is 0 Å². The Balaban J connectivity index is 1.61. The first-order valence-electron chi connectivity index (χ1n) is 7.75. The second-order valence-electron chi connectivity index (χ2n) is 5.85. The van der Waals surface area contributed by atoms with Crippen LogP contribution in [0.4, 0.5) is 4.39 Å². The van der Waals surface area contributed by atoms with Gasteiger partial charge in [0.1, 0.15) is 16.3 Å². The van der Waals surface area contributed by atoms with E-state index in [2.05, 4.69) is 9.88 Å². The Labute approximate surface area is 147 Å². The van der Waals surface area contributed by atoms with Crippen molar-refractivity contribution in [1.82, 2.24) is 14.5 Å². The van der Waals surface area contributed by atoms with Gasteiger partial charge in [0.05, 0.1) is 5.52 Å². The third kappa shape index (κ3) is 2.75. The fourth-order valence-corrected chi connectivity index (χ4v) is 4.09. The van der Waals surface area contributed by atoms with Crippen molar-refractivity contribution in [2.75, 3.05) is 13.1 Å². The van der Waals surface area contributed by atoms with E-state index >= 15 is 0 Å². The number of rotatable bonds is 2. The van der Waals surface area contributed by atoms with Crippen molar-refractivity contribution in [3.63, 3.8) is 0 Å². The quantitative estimate of drug-likeness (QED) is 0.701. The van der Waals surface area contributed by atoms with Crippen LogP contribution in [0.3, 0.4) is 0 Å². The SMILES string of the molecule is O=c1c2sccc2nc2n1CCN(Cc1c(F)cccc1Cl)CC2. The topological polar surface area (TPSA) is 38.1 Å². The third-order valence-corrected chi connectivity index (χ3v) is 5.63. The van der Waals surface area contributed by atoms with Crippen LogP contribution >= 0.6 is 22.9 Å². The van der Waals surface area contributed by atoms with Crippen molar-refractivity contribution in [1.29, 1.82) is 0 Å². The van der Waals surface area contributed by atoms with E-state index in [4.69, 9.17) is 11.6 Å². The molecule has 3 aromatic rings. The summed E-state index contributed by atoms with van der Waals surface area (Å²) in [5, 5.41) is 2.33. The molecule has 124 valence electrons. The lowest BCUT2D eigenvalue weighted by atomic mass is 10.2. The summed E-state index contributed by atoms with van der Waals surface area (Å²) < 4.78 is 16.5. The van der Waals surface area contributed by atoms with Gasteiger partial charge in [-0.15, -0.1) is 11.3 Å². The molecule has 0 N–H and O–H groups in total. The number of hydrogen-bond donors (Lipinski definition) is 0. The lowest BCUT2D eigenvalue weighted by molar-refractivity contribution is 0.267. The second kappa shape index (κ2) is 6.27. The summed E-state index contributed by atoms with van der Waals surface area (Å²) in [6.45, 7) is 2.37. The van der Waals surface area contributed by atoms with Crippen LogP contribution in [0.5, 0.6) is 0 Å². The summed E-state index contributed by atoms with van der Waals surface area (Å²) in [6, 6.07) is 6.61. The van der Waals surface area contributed by atoms with Gasteiger partial charge in [0.25, 0.3) is 5.56 Å². The van der Waals surface area contributed by atoms with E-state index in [1.54, 1.807) is 16.7 Å². The zero-order valence-corrected chi connectivity index (χ0v) is 14.4. The van der Waals surface area contributed by atoms with Gasteiger partial charge in [-0.05, 0) is 23.6 Å². The molecule has 1 aliphatic heterocycles. The zero-order valence-electron chi connectivity index (χ0n) is 12.8. The maximum absolute atomic E-state index is 14.0. The summed E-state index contributed by atoms with van der Waals surface area (Å²) in [5.41, 5.74) is 1.30. The van der Waals surface area contributed by atoms with Crippen LogP contribution in [0.1, 0.15) is 11.4 Å². The van der Waals surface area contributed by atoms with Crippen LogP contribution in [0, 0.1) is 5.82 Å². The summed E-state index contributed by atoms with van der Waals surface area (Å²) >= 11 is 7.55. The zero-order chi connectivity index (χ0) is 16.7. The maximum atomic E-state index is 14.0. The van der Waals surface area contributed by atoms with Crippen molar-refractivity contribution in [3.8, 4) is 0 Å². The minimum Gasteiger partial charge on any atom is -0.297 e. The molecule has 0 radical (unpaired) electrons. The predicted molar refractivity (Wildman–Crippen MR) is 94.3 cm³/mol. The highest BCUT2D eigenvalue weighted by Gasteiger charge is 2.19. The van der Waals surface area contributed by atoms with Crippen LogP contribution < -0.4 is 5.56 Å². The molecule has 0 aliphatic carbocycles. The third-order valence-electron chi connectivity index (χ3n) is 4.38. The average Bonchev–Trinajstić information content (AvgIpc) is 2.93. The molecule has 0 atom stereocenters. The lowest BCUT2D eigenvalue weighted by Gasteiger charge is -2.20. The molecule has 4 rings (SSSR count). The number of thiophene rings is 1. The molecule has 1 aromatic carbocycles.